The third-order valence-corrected chi connectivity index (χ3v) is 3.69. The van der Waals surface area contributed by atoms with Crippen molar-refractivity contribution in [2.45, 2.75) is 13.0 Å². The zero-order valence-electron chi connectivity index (χ0n) is 10.4. The molecule has 0 bridgehead atoms. The summed E-state index contributed by atoms with van der Waals surface area (Å²) in [7, 11) is 0. The normalized spacial score (nSPS) is 19.2. The molecule has 2 N–H and O–H groups in total. The Kier molecular flexibility index (Phi) is 4.25. The number of nitrogen functional groups attached to an aromatic ring is 1. The van der Waals surface area contributed by atoms with E-state index in [9.17, 15) is 9.59 Å². The van der Waals surface area contributed by atoms with Crippen LogP contribution in [-0.4, -0.2) is 57.8 Å². The minimum Gasteiger partial charge on any atom is -0.464 e. The Hall–Kier alpha value is -1.77. The van der Waals surface area contributed by atoms with Gasteiger partial charge < -0.3 is 15.4 Å². The fourth-order valence-electron chi connectivity index (χ4n) is 1.76. The molecule has 19 heavy (non-hydrogen) atoms. The second-order valence-electron chi connectivity index (χ2n) is 3.84. The molecule has 0 aliphatic carbocycles. The van der Waals surface area contributed by atoms with Gasteiger partial charge in [0.25, 0.3) is 5.91 Å². The van der Waals surface area contributed by atoms with Crippen LogP contribution in [0.3, 0.4) is 0 Å². The lowest BCUT2D eigenvalue weighted by atomic mass is 10.2. The fraction of sp³-hybridized carbons (Fsp3) is 0.600. The number of anilines is 1. The maximum absolute atomic E-state index is 12.3. The lowest BCUT2D eigenvalue weighted by Gasteiger charge is -2.32. The molecule has 1 atom stereocenters. The number of esters is 1. The van der Waals surface area contributed by atoms with E-state index < -0.39 is 17.9 Å². The second kappa shape index (κ2) is 5.91. The lowest BCUT2D eigenvalue weighted by Crippen LogP contribution is -2.51. The molecule has 2 rings (SSSR count). The predicted molar refractivity (Wildman–Crippen MR) is 67.5 cm³/mol. The van der Waals surface area contributed by atoms with Crippen LogP contribution in [0, 0.1) is 0 Å². The summed E-state index contributed by atoms with van der Waals surface area (Å²) in [6.45, 7) is 2.43. The van der Waals surface area contributed by atoms with E-state index in [1.807, 2.05) is 0 Å². The Morgan fingerprint density at radius 3 is 3.00 bits per heavy atom. The molecule has 0 saturated carbocycles. The van der Waals surface area contributed by atoms with Gasteiger partial charge in [0.15, 0.2) is 0 Å². The summed E-state index contributed by atoms with van der Waals surface area (Å²) in [5.74, 6) is 0.281. The van der Waals surface area contributed by atoms with Crippen molar-refractivity contribution >= 4 is 29.5 Å². The molecule has 1 fully saturated rings. The first kappa shape index (κ1) is 13.7. The van der Waals surface area contributed by atoms with Crippen LogP contribution in [0.1, 0.15) is 17.4 Å². The van der Waals surface area contributed by atoms with Gasteiger partial charge in [-0.15, -0.1) is 0 Å². The predicted octanol–water partition coefficient (Wildman–Crippen LogP) is -0.227. The van der Waals surface area contributed by atoms with Gasteiger partial charge in [0.1, 0.15) is 6.04 Å². The minimum absolute atomic E-state index is 0.0683. The SMILES string of the molecule is CCOC(=O)C1CSCCN1C(=O)c1nonc1N. The fourth-order valence-corrected chi connectivity index (χ4v) is 2.79. The first-order chi connectivity index (χ1) is 9.15. The van der Waals surface area contributed by atoms with Gasteiger partial charge in [0.2, 0.25) is 11.5 Å². The van der Waals surface area contributed by atoms with E-state index in [1.165, 1.54) is 4.90 Å². The number of carbonyl (C=O) groups is 2. The van der Waals surface area contributed by atoms with Crippen molar-refractivity contribution in [2.75, 3.05) is 30.4 Å². The molecule has 2 heterocycles. The zero-order valence-corrected chi connectivity index (χ0v) is 11.2. The Balaban J connectivity index is 2.18. The van der Waals surface area contributed by atoms with Gasteiger partial charge in [-0.25, -0.2) is 9.42 Å². The molecule has 0 aromatic carbocycles. The van der Waals surface area contributed by atoms with Gasteiger partial charge in [-0.2, -0.15) is 11.8 Å². The summed E-state index contributed by atoms with van der Waals surface area (Å²) in [6, 6.07) is -0.623. The van der Waals surface area contributed by atoms with E-state index in [2.05, 4.69) is 14.9 Å². The molecular formula is C10H14N4O4S. The number of nitrogens with two attached hydrogens (primary N) is 1. The second-order valence-corrected chi connectivity index (χ2v) is 4.99. The van der Waals surface area contributed by atoms with E-state index in [0.29, 0.717) is 12.3 Å². The van der Waals surface area contributed by atoms with Gasteiger partial charge in [0.05, 0.1) is 6.61 Å². The van der Waals surface area contributed by atoms with E-state index in [1.54, 1.807) is 18.7 Å². The lowest BCUT2D eigenvalue weighted by molar-refractivity contribution is -0.147. The Labute approximate surface area is 113 Å². The highest BCUT2D eigenvalue weighted by molar-refractivity contribution is 7.99. The van der Waals surface area contributed by atoms with Crippen molar-refractivity contribution in [3.05, 3.63) is 5.69 Å². The van der Waals surface area contributed by atoms with Crippen molar-refractivity contribution in [3.8, 4) is 0 Å². The highest BCUT2D eigenvalue weighted by Gasteiger charge is 2.36. The minimum atomic E-state index is -0.623. The summed E-state index contributed by atoms with van der Waals surface area (Å²) >= 11 is 1.59. The van der Waals surface area contributed by atoms with E-state index in [-0.39, 0.29) is 18.1 Å². The molecular weight excluding hydrogens is 272 g/mol. The summed E-state index contributed by atoms with van der Waals surface area (Å²) in [4.78, 5) is 25.5. The topological polar surface area (TPSA) is 112 Å². The zero-order chi connectivity index (χ0) is 13.8. The average molecular weight is 286 g/mol. The molecule has 8 nitrogen and oxygen atoms in total. The van der Waals surface area contributed by atoms with Gasteiger partial charge in [-0.1, -0.05) is 0 Å². The first-order valence-electron chi connectivity index (χ1n) is 5.78. The number of carbonyl (C=O) groups excluding carboxylic acids is 2. The third-order valence-electron chi connectivity index (χ3n) is 2.66. The van der Waals surface area contributed by atoms with E-state index in [0.717, 1.165) is 5.75 Å². The molecule has 1 aliphatic heterocycles. The van der Waals surface area contributed by atoms with Crippen LogP contribution >= 0.6 is 11.8 Å². The van der Waals surface area contributed by atoms with Crippen molar-refractivity contribution in [1.29, 1.82) is 0 Å². The highest BCUT2D eigenvalue weighted by Crippen LogP contribution is 2.21. The van der Waals surface area contributed by atoms with Crippen molar-refractivity contribution < 1.29 is 19.0 Å². The van der Waals surface area contributed by atoms with Gasteiger partial charge in [-0.05, 0) is 17.2 Å². The van der Waals surface area contributed by atoms with Crippen LogP contribution in [-0.2, 0) is 9.53 Å². The molecule has 1 amide bonds. The first-order valence-corrected chi connectivity index (χ1v) is 6.94. The van der Waals surface area contributed by atoms with Crippen LogP contribution < -0.4 is 5.73 Å². The van der Waals surface area contributed by atoms with Crippen LogP contribution in [0.25, 0.3) is 0 Å². The average Bonchev–Trinajstić information content (AvgIpc) is 2.84. The van der Waals surface area contributed by atoms with Crippen LogP contribution in [0.4, 0.5) is 5.82 Å². The van der Waals surface area contributed by atoms with Crippen LogP contribution in [0.5, 0.6) is 0 Å². The van der Waals surface area contributed by atoms with Crippen molar-refractivity contribution in [2.24, 2.45) is 0 Å². The third kappa shape index (κ3) is 2.80. The van der Waals surface area contributed by atoms with E-state index in [4.69, 9.17) is 10.5 Å². The maximum Gasteiger partial charge on any atom is 0.329 e. The van der Waals surface area contributed by atoms with E-state index >= 15 is 0 Å². The number of hydrogen-bond donors (Lipinski definition) is 1. The van der Waals surface area contributed by atoms with Crippen molar-refractivity contribution in [3.63, 3.8) is 0 Å². The number of amides is 1. The number of ether oxygens (including phenoxy) is 1. The highest BCUT2D eigenvalue weighted by atomic mass is 32.2. The van der Waals surface area contributed by atoms with Crippen molar-refractivity contribution in [1.82, 2.24) is 15.2 Å². The molecule has 1 aromatic rings. The molecule has 1 saturated heterocycles. The summed E-state index contributed by atoms with van der Waals surface area (Å²) in [5, 5.41) is 6.83. The monoisotopic (exact) mass is 286 g/mol. The number of thioether (sulfide) groups is 1. The molecule has 1 aromatic heterocycles. The molecule has 1 aliphatic rings. The van der Waals surface area contributed by atoms with Gasteiger partial charge >= 0.3 is 5.97 Å². The molecule has 0 radical (unpaired) electrons. The number of hydrogen-bond acceptors (Lipinski definition) is 8. The summed E-state index contributed by atoms with van der Waals surface area (Å²) in [5.41, 5.74) is 5.42. The number of rotatable bonds is 3. The Morgan fingerprint density at radius 1 is 1.58 bits per heavy atom. The Morgan fingerprint density at radius 2 is 2.37 bits per heavy atom. The standard InChI is InChI=1S/C10H14N4O4S/c1-2-17-10(16)6-5-19-4-3-14(6)9(15)7-8(11)13-18-12-7/h6H,2-5H2,1H3,(H2,11,13). The smallest absolute Gasteiger partial charge is 0.329 e. The quantitative estimate of drug-likeness (QED) is 0.758. The number of nitrogens with zero attached hydrogens (tertiary/aromatic N) is 3. The van der Waals surface area contributed by atoms with Gasteiger partial charge in [0, 0.05) is 18.1 Å². The molecule has 104 valence electrons. The number of aromatic nitrogens is 2. The maximum atomic E-state index is 12.3. The van der Waals surface area contributed by atoms with Crippen LogP contribution in [0.2, 0.25) is 0 Å². The van der Waals surface area contributed by atoms with Crippen LogP contribution in [0.15, 0.2) is 4.63 Å². The molecule has 0 spiro atoms. The summed E-state index contributed by atoms with van der Waals surface area (Å²) < 4.78 is 9.38. The molecule has 9 heteroatoms. The Bertz CT molecular complexity index is 478. The largest absolute Gasteiger partial charge is 0.464 e. The summed E-state index contributed by atoms with van der Waals surface area (Å²) in [6.07, 6.45) is 0. The molecule has 1 unspecified atom stereocenters. The van der Waals surface area contributed by atoms with Gasteiger partial charge in [-0.3, -0.25) is 4.79 Å².